The van der Waals surface area contributed by atoms with Crippen molar-refractivity contribution in [3.05, 3.63) is 33.8 Å². The third-order valence-electron chi connectivity index (χ3n) is 4.90. The highest BCUT2D eigenvalue weighted by Crippen LogP contribution is 2.26. The van der Waals surface area contributed by atoms with Crippen LogP contribution >= 0.6 is 47.2 Å². The van der Waals surface area contributed by atoms with Gasteiger partial charge in [-0.05, 0) is 24.6 Å². The SMILES string of the molecule is CN=C(NCC1CN2CCN1CC2)NC(C)c1ccc(Cl)cc1Cl.I. The molecule has 0 radical (unpaired) electrons. The van der Waals surface area contributed by atoms with Gasteiger partial charge in [0.05, 0.1) is 6.04 Å². The highest BCUT2D eigenvalue weighted by Gasteiger charge is 2.31. The van der Waals surface area contributed by atoms with Crippen molar-refractivity contribution in [1.29, 1.82) is 0 Å². The molecule has 0 saturated carbocycles. The summed E-state index contributed by atoms with van der Waals surface area (Å²) in [5.74, 6) is 0.797. The van der Waals surface area contributed by atoms with E-state index >= 15 is 0 Å². The summed E-state index contributed by atoms with van der Waals surface area (Å²) in [6.45, 7) is 8.87. The Balaban J connectivity index is 0.00000225. The Morgan fingerprint density at radius 1 is 1.28 bits per heavy atom. The van der Waals surface area contributed by atoms with Crippen LogP contribution in [0.2, 0.25) is 10.0 Å². The van der Waals surface area contributed by atoms with Gasteiger partial charge in [-0.25, -0.2) is 0 Å². The lowest BCUT2D eigenvalue weighted by Crippen LogP contribution is -2.63. The number of halogens is 3. The smallest absolute Gasteiger partial charge is 0.191 e. The summed E-state index contributed by atoms with van der Waals surface area (Å²) in [5, 5.41) is 8.18. The number of guanidine groups is 1. The quantitative estimate of drug-likeness (QED) is 0.381. The fourth-order valence-electron chi connectivity index (χ4n) is 3.46. The van der Waals surface area contributed by atoms with E-state index in [9.17, 15) is 0 Å². The molecule has 2 unspecified atom stereocenters. The van der Waals surface area contributed by atoms with Crippen molar-refractivity contribution in [2.24, 2.45) is 4.99 Å². The molecule has 2 atom stereocenters. The van der Waals surface area contributed by atoms with Crippen LogP contribution in [0, 0.1) is 0 Å². The predicted octanol–water partition coefficient (Wildman–Crippen LogP) is 2.84. The maximum Gasteiger partial charge on any atom is 0.191 e. The van der Waals surface area contributed by atoms with Crippen molar-refractivity contribution >= 4 is 53.1 Å². The summed E-state index contributed by atoms with van der Waals surface area (Å²) in [6.07, 6.45) is 0. The van der Waals surface area contributed by atoms with E-state index in [1.54, 1.807) is 13.1 Å². The monoisotopic (exact) mass is 497 g/mol. The van der Waals surface area contributed by atoms with Gasteiger partial charge in [0.2, 0.25) is 0 Å². The zero-order valence-corrected chi connectivity index (χ0v) is 18.5. The molecule has 4 rings (SSSR count). The Hall–Kier alpha value is -0.280. The molecule has 2 N–H and O–H groups in total. The molecule has 5 nitrogen and oxygen atoms in total. The van der Waals surface area contributed by atoms with Gasteiger partial charge in [0.1, 0.15) is 0 Å². The summed E-state index contributed by atoms with van der Waals surface area (Å²) < 4.78 is 0. The lowest BCUT2D eigenvalue weighted by atomic mass is 10.1. The first-order valence-electron chi connectivity index (χ1n) is 8.45. The molecule has 3 aliphatic rings. The van der Waals surface area contributed by atoms with Gasteiger partial charge in [0.15, 0.2) is 5.96 Å². The van der Waals surface area contributed by atoms with Gasteiger partial charge in [-0.15, -0.1) is 24.0 Å². The number of rotatable bonds is 4. The van der Waals surface area contributed by atoms with Crippen LogP contribution in [0.25, 0.3) is 0 Å². The van der Waals surface area contributed by atoms with Crippen LogP contribution in [0.5, 0.6) is 0 Å². The van der Waals surface area contributed by atoms with Crippen molar-refractivity contribution in [2.45, 2.75) is 19.0 Å². The third-order valence-corrected chi connectivity index (χ3v) is 5.47. The second-order valence-corrected chi connectivity index (χ2v) is 7.32. The van der Waals surface area contributed by atoms with E-state index in [2.05, 4.69) is 32.3 Å². The van der Waals surface area contributed by atoms with E-state index in [1.165, 1.54) is 26.2 Å². The van der Waals surface area contributed by atoms with Gasteiger partial charge in [-0.3, -0.25) is 14.8 Å². The molecule has 3 fully saturated rings. The summed E-state index contributed by atoms with van der Waals surface area (Å²) in [4.78, 5) is 9.45. The van der Waals surface area contributed by atoms with E-state index in [0.29, 0.717) is 16.1 Å². The largest absolute Gasteiger partial charge is 0.355 e. The number of nitrogens with zero attached hydrogens (tertiary/aromatic N) is 3. The number of hydrogen-bond acceptors (Lipinski definition) is 3. The molecule has 8 heteroatoms. The maximum atomic E-state index is 6.30. The van der Waals surface area contributed by atoms with Crippen LogP contribution in [-0.4, -0.2) is 68.1 Å². The lowest BCUT2D eigenvalue weighted by Gasteiger charge is -2.47. The van der Waals surface area contributed by atoms with Gasteiger partial charge >= 0.3 is 0 Å². The maximum absolute atomic E-state index is 6.30. The molecule has 25 heavy (non-hydrogen) atoms. The first kappa shape index (κ1) is 21.0. The van der Waals surface area contributed by atoms with Crippen LogP contribution in [0.4, 0.5) is 0 Å². The molecule has 1 aromatic rings. The predicted molar refractivity (Wildman–Crippen MR) is 117 cm³/mol. The minimum absolute atomic E-state index is 0. The first-order valence-corrected chi connectivity index (χ1v) is 9.21. The van der Waals surface area contributed by atoms with E-state index in [-0.39, 0.29) is 30.0 Å². The van der Waals surface area contributed by atoms with E-state index in [1.807, 2.05) is 12.1 Å². The van der Waals surface area contributed by atoms with Gasteiger partial charge in [-0.1, -0.05) is 29.3 Å². The second-order valence-electron chi connectivity index (χ2n) is 6.48. The topological polar surface area (TPSA) is 42.9 Å². The normalized spacial score (nSPS) is 26.7. The second kappa shape index (κ2) is 9.60. The van der Waals surface area contributed by atoms with Gasteiger partial charge < -0.3 is 10.6 Å². The molecule has 0 aliphatic carbocycles. The minimum Gasteiger partial charge on any atom is -0.355 e. The Bertz CT molecular complexity index is 605. The van der Waals surface area contributed by atoms with Crippen molar-refractivity contribution in [2.75, 3.05) is 46.3 Å². The molecule has 2 bridgehead atoms. The molecule has 3 aliphatic heterocycles. The Morgan fingerprint density at radius 2 is 2.00 bits per heavy atom. The summed E-state index contributed by atoms with van der Waals surface area (Å²) in [7, 11) is 1.79. The van der Waals surface area contributed by atoms with E-state index in [4.69, 9.17) is 23.2 Å². The van der Waals surface area contributed by atoms with Crippen LogP contribution in [0.15, 0.2) is 23.2 Å². The fourth-order valence-corrected chi connectivity index (χ4v) is 4.04. The van der Waals surface area contributed by atoms with Crippen LogP contribution < -0.4 is 10.6 Å². The number of nitrogens with one attached hydrogen (secondary N) is 2. The molecule has 0 amide bonds. The standard InChI is InChI=1S/C17H25Cl2N5.HI/c1-12(15-4-3-13(18)9-16(15)19)22-17(20-2)21-10-14-11-23-5-7-24(14)8-6-23;/h3-4,9,12,14H,5-8,10-11H2,1-2H3,(H2,20,21,22);1H. The average Bonchev–Trinajstić information content (AvgIpc) is 2.59. The third kappa shape index (κ3) is 5.35. The molecule has 0 aromatic heterocycles. The van der Waals surface area contributed by atoms with Crippen molar-refractivity contribution in [3.8, 4) is 0 Å². The van der Waals surface area contributed by atoms with Gasteiger partial charge in [0.25, 0.3) is 0 Å². The van der Waals surface area contributed by atoms with Crippen LogP contribution in [0.3, 0.4) is 0 Å². The van der Waals surface area contributed by atoms with Crippen molar-refractivity contribution in [1.82, 2.24) is 20.4 Å². The van der Waals surface area contributed by atoms with Gasteiger partial charge in [-0.2, -0.15) is 0 Å². The highest BCUT2D eigenvalue weighted by molar-refractivity contribution is 14.0. The molecule has 3 saturated heterocycles. The minimum atomic E-state index is 0. The number of aliphatic imine (C=N–C) groups is 1. The van der Waals surface area contributed by atoms with E-state index in [0.717, 1.165) is 24.6 Å². The summed E-state index contributed by atoms with van der Waals surface area (Å²) in [5.41, 5.74) is 1.01. The number of fused-ring (bicyclic) bond motifs is 3. The first-order chi connectivity index (χ1) is 11.6. The molecule has 0 spiro atoms. The highest BCUT2D eigenvalue weighted by atomic mass is 127. The number of piperazine rings is 3. The van der Waals surface area contributed by atoms with Crippen LogP contribution in [-0.2, 0) is 0 Å². The summed E-state index contributed by atoms with van der Waals surface area (Å²) in [6, 6.07) is 6.19. The summed E-state index contributed by atoms with van der Waals surface area (Å²) >= 11 is 12.3. The Labute approximate surface area is 177 Å². The number of hydrogen-bond donors (Lipinski definition) is 2. The molecular weight excluding hydrogens is 472 g/mol. The Kier molecular flexibility index (Phi) is 8.07. The molecule has 3 heterocycles. The fraction of sp³-hybridized carbons (Fsp3) is 0.588. The lowest BCUT2D eigenvalue weighted by molar-refractivity contribution is 0.0154. The molecule has 1 aromatic carbocycles. The zero-order chi connectivity index (χ0) is 17.1. The number of benzene rings is 1. The zero-order valence-electron chi connectivity index (χ0n) is 14.6. The van der Waals surface area contributed by atoms with Gasteiger partial charge in [0, 0.05) is 62.4 Å². The molecule has 140 valence electrons. The van der Waals surface area contributed by atoms with Crippen LogP contribution in [0.1, 0.15) is 18.5 Å². The van der Waals surface area contributed by atoms with Crippen molar-refractivity contribution in [3.63, 3.8) is 0 Å². The van der Waals surface area contributed by atoms with Crippen molar-refractivity contribution < 1.29 is 0 Å². The average molecular weight is 498 g/mol. The van der Waals surface area contributed by atoms with E-state index < -0.39 is 0 Å². The Morgan fingerprint density at radius 3 is 2.56 bits per heavy atom. The molecular formula is C17H26Cl2IN5.